The van der Waals surface area contributed by atoms with Gasteiger partial charge in [-0.1, -0.05) is 12.1 Å². The molecule has 0 saturated carbocycles. The van der Waals surface area contributed by atoms with Crippen LogP contribution in [0.5, 0.6) is 0 Å². The van der Waals surface area contributed by atoms with Gasteiger partial charge in [0.25, 0.3) is 5.91 Å². The third kappa shape index (κ3) is 4.80. The molecule has 2 N–H and O–H groups in total. The maximum Gasteiger partial charge on any atom is 0.418 e. The zero-order chi connectivity index (χ0) is 27.2. The smallest absolute Gasteiger partial charge is 0.382 e. The van der Waals surface area contributed by atoms with Gasteiger partial charge in [-0.3, -0.25) is 9.78 Å². The third-order valence-electron chi connectivity index (χ3n) is 7.04. The van der Waals surface area contributed by atoms with Gasteiger partial charge in [0.2, 0.25) is 0 Å². The second-order valence-electron chi connectivity index (χ2n) is 9.69. The van der Waals surface area contributed by atoms with Crippen molar-refractivity contribution in [3.8, 4) is 11.3 Å². The summed E-state index contributed by atoms with van der Waals surface area (Å²) >= 11 is 0. The number of alkyl halides is 3. The summed E-state index contributed by atoms with van der Waals surface area (Å²) < 4.78 is 55.9. The fraction of sp³-hybridized carbons (Fsp3) is 0.333. The Kier molecular flexibility index (Phi) is 6.54. The molecular formula is C27H26F4N6O. The number of benzene rings is 1. The number of nitrogens with zero attached hydrogens (tertiary/aromatic N) is 5. The number of hydrogen-bond donors (Lipinski definition) is 1. The summed E-state index contributed by atoms with van der Waals surface area (Å²) in [7, 11) is 0. The molecule has 7 nitrogen and oxygen atoms in total. The lowest BCUT2D eigenvalue weighted by Gasteiger charge is -2.33. The van der Waals surface area contributed by atoms with Gasteiger partial charge in [-0.2, -0.15) is 18.3 Å². The van der Waals surface area contributed by atoms with Crippen molar-refractivity contribution in [1.29, 1.82) is 0 Å². The first-order valence-electron chi connectivity index (χ1n) is 12.2. The molecule has 38 heavy (non-hydrogen) atoms. The molecule has 5 rings (SSSR count). The number of piperidine rings is 1. The normalized spacial score (nSPS) is 16.3. The number of halogens is 4. The van der Waals surface area contributed by atoms with E-state index in [1.54, 1.807) is 36.9 Å². The number of nitrogen functional groups attached to an aromatic ring is 1. The van der Waals surface area contributed by atoms with E-state index in [4.69, 9.17) is 5.73 Å². The minimum Gasteiger partial charge on any atom is -0.382 e. The molecule has 1 aliphatic rings. The summed E-state index contributed by atoms with van der Waals surface area (Å²) in [6.45, 7) is 4.47. The number of likely N-dealkylation sites (tertiary alicyclic amines) is 1. The van der Waals surface area contributed by atoms with Gasteiger partial charge in [-0.05, 0) is 68.9 Å². The van der Waals surface area contributed by atoms with Gasteiger partial charge >= 0.3 is 6.18 Å². The Hall–Kier alpha value is -4.02. The monoisotopic (exact) mass is 526 g/mol. The van der Waals surface area contributed by atoms with Crippen LogP contribution in [0.25, 0.3) is 16.8 Å². The Bertz CT molecular complexity index is 1510. The Balaban J connectivity index is 1.49. The van der Waals surface area contributed by atoms with Crippen molar-refractivity contribution < 1.29 is 22.4 Å². The lowest BCUT2D eigenvalue weighted by molar-refractivity contribution is -0.136. The van der Waals surface area contributed by atoms with Crippen molar-refractivity contribution >= 4 is 17.2 Å². The Morgan fingerprint density at radius 1 is 1.13 bits per heavy atom. The fourth-order valence-corrected chi connectivity index (χ4v) is 5.22. The van der Waals surface area contributed by atoms with Crippen LogP contribution in [0.15, 0.2) is 42.7 Å². The zero-order valence-electron chi connectivity index (χ0n) is 20.9. The SMILES string of the molecule is Cc1nc(C)c(-c2cc(C(F)(F)F)c3c(N)ncnn23)cc1C(=O)N1CCC[C@@H](Cc2ccc(F)cc2)C1. The fourth-order valence-electron chi connectivity index (χ4n) is 5.22. The molecule has 1 aromatic carbocycles. The number of pyridine rings is 1. The van der Waals surface area contributed by atoms with Gasteiger partial charge in [0.05, 0.1) is 22.5 Å². The second-order valence-corrected chi connectivity index (χ2v) is 9.69. The van der Waals surface area contributed by atoms with E-state index < -0.39 is 11.7 Å². The average Bonchev–Trinajstić information content (AvgIpc) is 3.27. The highest BCUT2D eigenvalue weighted by molar-refractivity contribution is 5.97. The first-order valence-corrected chi connectivity index (χ1v) is 12.2. The number of anilines is 1. The average molecular weight is 527 g/mol. The summed E-state index contributed by atoms with van der Waals surface area (Å²) in [5, 5.41) is 4.01. The summed E-state index contributed by atoms with van der Waals surface area (Å²) in [5.41, 5.74) is 7.22. The third-order valence-corrected chi connectivity index (χ3v) is 7.04. The molecule has 0 aliphatic carbocycles. The highest BCUT2D eigenvalue weighted by Crippen LogP contribution is 2.39. The molecule has 4 heterocycles. The predicted molar refractivity (Wildman–Crippen MR) is 134 cm³/mol. The Morgan fingerprint density at radius 3 is 2.58 bits per heavy atom. The van der Waals surface area contributed by atoms with Gasteiger partial charge in [-0.25, -0.2) is 13.9 Å². The number of aromatic nitrogens is 4. The number of amides is 1. The summed E-state index contributed by atoms with van der Waals surface area (Å²) in [6, 6.07) is 8.92. The van der Waals surface area contributed by atoms with Crippen molar-refractivity contribution in [3.63, 3.8) is 0 Å². The van der Waals surface area contributed by atoms with E-state index in [0.29, 0.717) is 35.6 Å². The topological polar surface area (TPSA) is 89.4 Å². The van der Waals surface area contributed by atoms with Crippen molar-refractivity contribution in [3.05, 3.63) is 76.6 Å². The molecule has 1 saturated heterocycles. The second kappa shape index (κ2) is 9.70. The number of aryl methyl sites for hydroxylation is 2. The van der Waals surface area contributed by atoms with Crippen LogP contribution in [0.4, 0.5) is 23.4 Å². The van der Waals surface area contributed by atoms with E-state index in [9.17, 15) is 22.4 Å². The molecular weight excluding hydrogens is 500 g/mol. The number of rotatable bonds is 4. The highest BCUT2D eigenvalue weighted by Gasteiger charge is 2.37. The van der Waals surface area contributed by atoms with Crippen LogP contribution in [0, 0.1) is 25.6 Å². The number of fused-ring (bicyclic) bond motifs is 1. The van der Waals surface area contributed by atoms with Crippen LogP contribution >= 0.6 is 0 Å². The molecule has 3 aromatic heterocycles. The standard InChI is InChI=1S/C27H26F4N6O/c1-15-20(23-12-22(27(29,30)31)24-25(32)33-14-34-37(23)24)11-21(16(2)35-15)26(38)36-9-3-4-18(13-36)10-17-5-7-19(28)8-6-17/h5-8,11-12,14,18H,3-4,9-10,13H2,1-2H3,(H2,32,33,34)/t18-/m0/s1. The first-order chi connectivity index (χ1) is 18.0. The van der Waals surface area contributed by atoms with Crippen molar-refractivity contribution in [2.45, 2.75) is 39.3 Å². The van der Waals surface area contributed by atoms with E-state index >= 15 is 0 Å². The van der Waals surface area contributed by atoms with Gasteiger partial charge < -0.3 is 10.6 Å². The molecule has 0 spiro atoms. The molecule has 1 aliphatic heterocycles. The van der Waals surface area contributed by atoms with Crippen LogP contribution in [0.3, 0.4) is 0 Å². The molecule has 0 bridgehead atoms. The van der Waals surface area contributed by atoms with Gasteiger partial charge in [0.1, 0.15) is 17.7 Å². The lowest BCUT2D eigenvalue weighted by Crippen LogP contribution is -2.41. The maximum absolute atomic E-state index is 13.8. The Morgan fingerprint density at radius 2 is 1.87 bits per heavy atom. The molecule has 1 amide bonds. The first kappa shape index (κ1) is 25.6. The van der Waals surface area contributed by atoms with E-state index in [2.05, 4.69) is 15.1 Å². The molecule has 0 unspecified atom stereocenters. The van der Waals surface area contributed by atoms with E-state index in [1.807, 2.05) is 0 Å². The largest absolute Gasteiger partial charge is 0.418 e. The van der Waals surface area contributed by atoms with E-state index in [1.165, 1.54) is 12.1 Å². The molecule has 11 heteroatoms. The maximum atomic E-state index is 13.8. The highest BCUT2D eigenvalue weighted by atomic mass is 19.4. The number of carbonyl (C=O) groups excluding carboxylic acids is 1. The quantitative estimate of drug-likeness (QED) is 0.367. The van der Waals surface area contributed by atoms with Gasteiger partial charge in [-0.15, -0.1) is 0 Å². The molecule has 4 aromatic rings. The van der Waals surface area contributed by atoms with Crippen LogP contribution in [0.2, 0.25) is 0 Å². The van der Waals surface area contributed by atoms with Crippen molar-refractivity contribution in [2.75, 3.05) is 18.8 Å². The lowest BCUT2D eigenvalue weighted by atomic mass is 9.91. The number of nitrogens with two attached hydrogens (primary N) is 1. The number of carbonyl (C=O) groups is 1. The molecule has 0 radical (unpaired) electrons. The predicted octanol–water partition coefficient (Wildman–Crippen LogP) is 5.24. The van der Waals surface area contributed by atoms with Gasteiger partial charge in [0.15, 0.2) is 5.82 Å². The van der Waals surface area contributed by atoms with Crippen molar-refractivity contribution in [2.24, 2.45) is 5.92 Å². The summed E-state index contributed by atoms with van der Waals surface area (Å²) in [5.74, 6) is -0.612. The summed E-state index contributed by atoms with van der Waals surface area (Å²) in [6.07, 6.45) is -1.12. The summed E-state index contributed by atoms with van der Waals surface area (Å²) in [4.78, 5) is 23.6. The van der Waals surface area contributed by atoms with Gasteiger partial charge in [0, 0.05) is 24.3 Å². The van der Waals surface area contributed by atoms with Crippen LogP contribution in [0.1, 0.15) is 45.7 Å². The molecule has 1 atom stereocenters. The minimum absolute atomic E-state index is 0.119. The molecule has 198 valence electrons. The zero-order valence-corrected chi connectivity index (χ0v) is 20.9. The number of hydrogen-bond acceptors (Lipinski definition) is 5. The minimum atomic E-state index is -4.68. The van der Waals surface area contributed by atoms with E-state index in [-0.39, 0.29) is 34.7 Å². The molecule has 1 fully saturated rings. The van der Waals surface area contributed by atoms with Crippen LogP contribution in [-0.4, -0.2) is 43.5 Å². The van der Waals surface area contributed by atoms with Crippen LogP contribution < -0.4 is 5.73 Å². The Labute approximate surface area is 216 Å². The van der Waals surface area contributed by atoms with E-state index in [0.717, 1.165) is 41.7 Å². The van der Waals surface area contributed by atoms with Crippen molar-refractivity contribution in [1.82, 2.24) is 24.5 Å². The van der Waals surface area contributed by atoms with Crippen LogP contribution in [-0.2, 0) is 12.6 Å².